The third-order valence-corrected chi connectivity index (χ3v) is 4.11. The van der Waals surface area contributed by atoms with E-state index in [1.54, 1.807) is 23.0 Å². The van der Waals surface area contributed by atoms with E-state index in [0.29, 0.717) is 37.1 Å². The van der Waals surface area contributed by atoms with Crippen LogP contribution in [0.15, 0.2) is 30.5 Å². The zero-order valence-corrected chi connectivity index (χ0v) is 15.2. The summed E-state index contributed by atoms with van der Waals surface area (Å²) >= 11 is 0. The van der Waals surface area contributed by atoms with Crippen molar-refractivity contribution in [3.05, 3.63) is 42.0 Å². The lowest BCUT2D eigenvalue weighted by Gasteiger charge is -2.22. The number of halogens is 2. The first-order valence-corrected chi connectivity index (χ1v) is 8.51. The van der Waals surface area contributed by atoms with Gasteiger partial charge in [-0.1, -0.05) is 5.21 Å². The van der Waals surface area contributed by atoms with Crippen molar-refractivity contribution in [3.8, 4) is 5.75 Å². The topological polar surface area (TPSA) is 81.1 Å². The molecule has 0 spiro atoms. The Labute approximate surface area is 157 Å². The molecule has 26 heavy (non-hydrogen) atoms. The van der Waals surface area contributed by atoms with Gasteiger partial charge in [-0.25, -0.2) is 9.07 Å². The fraction of sp³-hybridized carbons (Fsp3) is 0.471. The van der Waals surface area contributed by atoms with Crippen LogP contribution in [-0.2, 0) is 0 Å². The summed E-state index contributed by atoms with van der Waals surface area (Å²) in [5.74, 6) is 0.0803. The summed E-state index contributed by atoms with van der Waals surface area (Å²) in [5.41, 5.74) is 0.331. The second kappa shape index (κ2) is 10.1. The standard InChI is InChI=1S/C17H22FN5O2.ClH/c18-13-2-4-15(5-3-13)25-11-1-8-20-17(24)16-12-23(22-21-16)14-6-9-19-10-7-14;/h2-5,12,14,19H,1,6-11H2,(H,20,24);1H. The van der Waals surface area contributed by atoms with Crippen LogP contribution in [-0.4, -0.2) is 47.1 Å². The van der Waals surface area contributed by atoms with Crippen LogP contribution in [0.4, 0.5) is 4.39 Å². The third kappa shape index (κ3) is 5.67. The first-order chi connectivity index (χ1) is 12.2. The molecule has 2 heterocycles. The molecule has 1 aliphatic heterocycles. The average molecular weight is 384 g/mol. The third-order valence-electron chi connectivity index (χ3n) is 4.11. The molecule has 1 fully saturated rings. The van der Waals surface area contributed by atoms with E-state index in [9.17, 15) is 9.18 Å². The number of carbonyl (C=O) groups excluding carboxylic acids is 1. The summed E-state index contributed by atoms with van der Waals surface area (Å²) in [5, 5.41) is 14.1. The number of nitrogens with zero attached hydrogens (tertiary/aromatic N) is 3. The number of rotatable bonds is 7. The Kier molecular flexibility index (Phi) is 7.80. The van der Waals surface area contributed by atoms with E-state index in [1.165, 1.54) is 12.1 Å². The van der Waals surface area contributed by atoms with E-state index in [1.807, 2.05) is 0 Å². The van der Waals surface area contributed by atoms with Gasteiger partial charge in [0.2, 0.25) is 0 Å². The minimum atomic E-state index is -0.294. The van der Waals surface area contributed by atoms with Gasteiger partial charge in [0, 0.05) is 6.54 Å². The summed E-state index contributed by atoms with van der Waals surface area (Å²) in [6.45, 7) is 2.83. The monoisotopic (exact) mass is 383 g/mol. The van der Waals surface area contributed by atoms with Crippen molar-refractivity contribution >= 4 is 18.3 Å². The molecule has 1 aliphatic rings. The van der Waals surface area contributed by atoms with Gasteiger partial charge in [-0.3, -0.25) is 4.79 Å². The van der Waals surface area contributed by atoms with Crippen LogP contribution in [0.25, 0.3) is 0 Å². The van der Waals surface area contributed by atoms with Crippen molar-refractivity contribution in [2.75, 3.05) is 26.2 Å². The highest BCUT2D eigenvalue weighted by Crippen LogP contribution is 2.17. The molecule has 9 heteroatoms. The van der Waals surface area contributed by atoms with Gasteiger partial charge < -0.3 is 15.4 Å². The Bertz CT molecular complexity index is 689. The number of piperidine rings is 1. The van der Waals surface area contributed by atoms with Crippen LogP contribution in [0.5, 0.6) is 5.75 Å². The van der Waals surface area contributed by atoms with Crippen molar-refractivity contribution in [2.24, 2.45) is 0 Å². The molecular weight excluding hydrogens is 361 g/mol. The molecule has 142 valence electrons. The van der Waals surface area contributed by atoms with Crippen LogP contribution in [0.1, 0.15) is 35.8 Å². The number of aromatic nitrogens is 3. The van der Waals surface area contributed by atoms with E-state index in [4.69, 9.17) is 4.74 Å². The van der Waals surface area contributed by atoms with Gasteiger partial charge in [-0.05, 0) is 56.6 Å². The molecular formula is C17H23ClFN5O2. The number of amides is 1. The number of nitrogens with one attached hydrogen (secondary N) is 2. The second-order valence-electron chi connectivity index (χ2n) is 5.98. The normalized spacial score (nSPS) is 14.5. The maximum Gasteiger partial charge on any atom is 0.273 e. The first-order valence-electron chi connectivity index (χ1n) is 8.51. The number of ether oxygens (including phenoxy) is 1. The van der Waals surface area contributed by atoms with E-state index in [-0.39, 0.29) is 24.1 Å². The van der Waals surface area contributed by atoms with Crippen LogP contribution < -0.4 is 15.4 Å². The minimum Gasteiger partial charge on any atom is -0.494 e. The van der Waals surface area contributed by atoms with Crippen molar-refractivity contribution in [1.82, 2.24) is 25.6 Å². The summed E-state index contributed by atoms with van der Waals surface area (Å²) < 4.78 is 20.0. The number of carbonyl (C=O) groups is 1. The zero-order valence-electron chi connectivity index (χ0n) is 14.4. The Morgan fingerprint density at radius 1 is 1.31 bits per heavy atom. The molecule has 2 aromatic rings. The van der Waals surface area contributed by atoms with Crippen molar-refractivity contribution in [3.63, 3.8) is 0 Å². The van der Waals surface area contributed by atoms with Crippen LogP contribution in [0, 0.1) is 5.82 Å². The van der Waals surface area contributed by atoms with Gasteiger partial charge in [0.15, 0.2) is 5.69 Å². The highest BCUT2D eigenvalue weighted by molar-refractivity contribution is 5.91. The Morgan fingerprint density at radius 3 is 2.77 bits per heavy atom. The fourth-order valence-electron chi connectivity index (χ4n) is 2.72. The number of hydrogen-bond donors (Lipinski definition) is 2. The maximum atomic E-state index is 12.8. The molecule has 0 bridgehead atoms. The molecule has 7 nitrogen and oxygen atoms in total. The van der Waals surface area contributed by atoms with E-state index < -0.39 is 0 Å². The summed E-state index contributed by atoms with van der Waals surface area (Å²) in [6.07, 6.45) is 4.34. The molecule has 1 amide bonds. The zero-order chi connectivity index (χ0) is 17.5. The molecule has 2 N–H and O–H groups in total. The fourth-order valence-corrected chi connectivity index (χ4v) is 2.72. The SMILES string of the molecule is Cl.O=C(NCCCOc1ccc(F)cc1)c1cn(C2CCNCC2)nn1. The Balaban J connectivity index is 0.00000243. The lowest BCUT2D eigenvalue weighted by atomic mass is 10.1. The van der Waals surface area contributed by atoms with E-state index >= 15 is 0 Å². The van der Waals surface area contributed by atoms with Gasteiger partial charge in [0.05, 0.1) is 18.8 Å². The molecule has 1 aromatic heterocycles. The summed E-state index contributed by atoms with van der Waals surface area (Å²) in [6, 6.07) is 6.16. The number of benzene rings is 1. The molecule has 0 atom stereocenters. The highest BCUT2D eigenvalue weighted by Gasteiger charge is 2.18. The largest absolute Gasteiger partial charge is 0.494 e. The van der Waals surface area contributed by atoms with Gasteiger partial charge in [-0.15, -0.1) is 17.5 Å². The quantitative estimate of drug-likeness (QED) is 0.714. The van der Waals surface area contributed by atoms with Crippen LogP contribution >= 0.6 is 12.4 Å². The van der Waals surface area contributed by atoms with Gasteiger partial charge in [-0.2, -0.15) is 0 Å². The predicted molar refractivity (Wildman–Crippen MR) is 97.3 cm³/mol. The van der Waals surface area contributed by atoms with Crippen LogP contribution in [0.2, 0.25) is 0 Å². The highest BCUT2D eigenvalue weighted by atomic mass is 35.5. The first kappa shape index (κ1) is 20.1. The molecule has 1 saturated heterocycles. The summed E-state index contributed by atoms with van der Waals surface area (Å²) in [4.78, 5) is 12.1. The number of hydrogen-bond acceptors (Lipinski definition) is 5. The van der Waals surface area contributed by atoms with Gasteiger partial charge in [0.1, 0.15) is 11.6 Å². The molecule has 1 aromatic carbocycles. The lowest BCUT2D eigenvalue weighted by molar-refractivity contribution is 0.0946. The Hall–Kier alpha value is -2.19. The predicted octanol–water partition coefficient (Wildman–Crippen LogP) is 1.96. The molecule has 3 rings (SSSR count). The second-order valence-corrected chi connectivity index (χ2v) is 5.98. The van der Waals surface area contributed by atoms with Crippen molar-refractivity contribution < 1.29 is 13.9 Å². The Morgan fingerprint density at radius 2 is 2.04 bits per heavy atom. The maximum absolute atomic E-state index is 12.8. The average Bonchev–Trinajstić information content (AvgIpc) is 3.14. The molecule has 0 radical (unpaired) electrons. The van der Waals surface area contributed by atoms with Crippen molar-refractivity contribution in [2.45, 2.75) is 25.3 Å². The molecule has 0 saturated carbocycles. The van der Waals surface area contributed by atoms with Crippen molar-refractivity contribution in [1.29, 1.82) is 0 Å². The molecule has 0 unspecified atom stereocenters. The van der Waals surface area contributed by atoms with Gasteiger partial charge in [0.25, 0.3) is 5.91 Å². The van der Waals surface area contributed by atoms with Gasteiger partial charge >= 0.3 is 0 Å². The molecule has 0 aliphatic carbocycles. The smallest absolute Gasteiger partial charge is 0.273 e. The van der Waals surface area contributed by atoms with Crippen LogP contribution in [0.3, 0.4) is 0 Å². The minimum absolute atomic E-state index is 0. The lowest BCUT2D eigenvalue weighted by Crippen LogP contribution is -2.29. The van der Waals surface area contributed by atoms with E-state index in [2.05, 4.69) is 20.9 Å². The summed E-state index contributed by atoms with van der Waals surface area (Å²) in [7, 11) is 0. The van der Waals surface area contributed by atoms with E-state index in [0.717, 1.165) is 25.9 Å².